The zero-order chi connectivity index (χ0) is 16.7. The first-order chi connectivity index (χ1) is 11.1. The van der Waals surface area contributed by atoms with Gasteiger partial charge in [-0.1, -0.05) is 31.9 Å². The van der Waals surface area contributed by atoms with Gasteiger partial charge in [0.05, 0.1) is 11.3 Å². The Balaban J connectivity index is 1.97. The van der Waals surface area contributed by atoms with Gasteiger partial charge in [-0.2, -0.15) is 0 Å². The van der Waals surface area contributed by atoms with Crippen LogP contribution >= 0.6 is 0 Å². The van der Waals surface area contributed by atoms with Gasteiger partial charge in [-0.25, -0.2) is 0 Å². The van der Waals surface area contributed by atoms with Crippen molar-refractivity contribution >= 4 is 23.5 Å². The number of nitrogens with one attached hydrogen (secondary N) is 2. The Hall–Kier alpha value is -2.37. The van der Waals surface area contributed by atoms with Gasteiger partial charge >= 0.3 is 5.97 Å². The highest BCUT2D eigenvalue weighted by atomic mass is 16.5. The van der Waals surface area contributed by atoms with E-state index in [9.17, 15) is 14.4 Å². The summed E-state index contributed by atoms with van der Waals surface area (Å²) in [5.41, 5.74) is 0.829. The van der Waals surface area contributed by atoms with Crippen LogP contribution in [0.25, 0.3) is 0 Å². The third kappa shape index (κ3) is 5.09. The van der Waals surface area contributed by atoms with E-state index >= 15 is 0 Å². The molecule has 1 saturated carbocycles. The second-order valence-electron chi connectivity index (χ2n) is 5.56. The van der Waals surface area contributed by atoms with Gasteiger partial charge in [-0.15, -0.1) is 0 Å². The summed E-state index contributed by atoms with van der Waals surface area (Å²) >= 11 is 0. The summed E-state index contributed by atoms with van der Waals surface area (Å²) < 4.78 is 4.78. The lowest BCUT2D eigenvalue weighted by Gasteiger charge is -2.15. The van der Waals surface area contributed by atoms with E-state index < -0.39 is 11.9 Å². The molecule has 0 spiro atoms. The summed E-state index contributed by atoms with van der Waals surface area (Å²) in [6.07, 6.45) is 4.46. The Morgan fingerprint density at radius 3 is 2.57 bits per heavy atom. The Labute approximate surface area is 135 Å². The van der Waals surface area contributed by atoms with Crippen LogP contribution in [0.15, 0.2) is 24.3 Å². The summed E-state index contributed by atoms with van der Waals surface area (Å²) in [7, 11) is 0. The maximum absolute atomic E-state index is 12.4. The third-order valence-electron chi connectivity index (χ3n) is 3.79. The summed E-state index contributed by atoms with van der Waals surface area (Å²) in [6.45, 7) is 1.30. The number of rotatable bonds is 6. The quantitative estimate of drug-likeness (QED) is 0.788. The molecule has 1 aliphatic carbocycles. The molecule has 0 aliphatic heterocycles. The van der Waals surface area contributed by atoms with Gasteiger partial charge in [0.25, 0.3) is 11.8 Å². The van der Waals surface area contributed by atoms with Crippen molar-refractivity contribution < 1.29 is 19.1 Å². The zero-order valence-electron chi connectivity index (χ0n) is 13.3. The average Bonchev–Trinajstić information content (AvgIpc) is 3.06. The second-order valence-corrected chi connectivity index (χ2v) is 5.56. The van der Waals surface area contributed by atoms with Crippen molar-refractivity contribution in [3.63, 3.8) is 0 Å². The summed E-state index contributed by atoms with van der Waals surface area (Å²) in [5, 5.41) is 5.61. The van der Waals surface area contributed by atoms with Crippen molar-refractivity contribution in [3.05, 3.63) is 29.8 Å². The van der Waals surface area contributed by atoms with Crippen molar-refractivity contribution in [2.24, 2.45) is 0 Å². The molecule has 2 amide bonds. The van der Waals surface area contributed by atoms with E-state index in [1.54, 1.807) is 31.2 Å². The number of carbonyl (C=O) groups excluding carboxylic acids is 3. The molecular weight excluding hydrogens is 296 g/mol. The Morgan fingerprint density at radius 2 is 1.87 bits per heavy atom. The molecule has 6 heteroatoms. The van der Waals surface area contributed by atoms with Crippen molar-refractivity contribution in [3.8, 4) is 0 Å². The van der Waals surface area contributed by atoms with Crippen molar-refractivity contribution in [1.82, 2.24) is 5.32 Å². The van der Waals surface area contributed by atoms with Gasteiger partial charge in [0, 0.05) is 12.5 Å². The fourth-order valence-corrected chi connectivity index (χ4v) is 2.56. The molecular formula is C17H22N2O4. The normalized spacial score (nSPS) is 14.3. The summed E-state index contributed by atoms with van der Waals surface area (Å²) in [5.74, 6) is -1.10. The lowest BCUT2D eigenvalue weighted by Crippen LogP contribution is -2.33. The molecule has 1 fully saturated rings. The standard InChI is InChI=1S/C17H22N2O4/c1-2-16(21)23-11-15(20)19-14-10-6-5-9-13(14)17(22)18-12-7-3-4-8-12/h5-6,9-10,12H,2-4,7-8,11H2,1H3,(H,18,22)(H,19,20). The van der Waals surface area contributed by atoms with E-state index in [-0.39, 0.29) is 25.0 Å². The summed E-state index contributed by atoms with van der Waals surface area (Å²) in [6, 6.07) is 7.01. The number of ether oxygens (including phenoxy) is 1. The van der Waals surface area contributed by atoms with Gasteiger partial charge in [-0.3, -0.25) is 14.4 Å². The fourth-order valence-electron chi connectivity index (χ4n) is 2.56. The van der Waals surface area contributed by atoms with E-state index in [1.807, 2.05) is 0 Å². The molecule has 1 aliphatic rings. The van der Waals surface area contributed by atoms with Crippen LogP contribution in [-0.4, -0.2) is 30.4 Å². The van der Waals surface area contributed by atoms with Crippen molar-refractivity contribution in [2.75, 3.05) is 11.9 Å². The van der Waals surface area contributed by atoms with Crippen LogP contribution in [0.3, 0.4) is 0 Å². The molecule has 0 heterocycles. The fraction of sp³-hybridized carbons (Fsp3) is 0.471. The summed E-state index contributed by atoms with van der Waals surface area (Å²) in [4.78, 5) is 35.3. The number of para-hydroxylation sites is 1. The number of carbonyl (C=O) groups is 3. The molecule has 0 unspecified atom stereocenters. The molecule has 2 N–H and O–H groups in total. The van der Waals surface area contributed by atoms with E-state index in [0.717, 1.165) is 25.7 Å². The Morgan fingerprint density at radius 1 is 1.17 bits per heavy atom. The molecule has 23 heavy (non-hydrogen) atoms. The van der Waals surface area contributed by atoms with Gasteiger partial charge in [0.1, 0.15) is 0 Å². The predicted octanol–water partition coefficient (Wildman–Crippen LogP) is 2.25. The van der Waals surface area contributed by atoms with Crippen molar-refractivity contribution in [1.29, 1.82) is 0 Å². The minimum absolute atomic E-state index is 0.196. The molecule has 0 bridgehead atoms. The van der Waals surface area contributed by atoms with Gasteiger partial charge < -0.3 is 15.4 Å². The molecule has 0 radical (unpaired) electrons. The van der Waals surface area contributed by atoms with Crippen LogP contribution in [-0.2, 0) is 14.3 Å². The van der Waals surface area contributed by atoms with Crippen LogP contribution in [0.2, 0.25) is 0 Å². The number of hydrogen-bond donors (Lipinski definition) is 2. The van der Waals surface area contributed by atoms with E-state index in [2.05, 4.69) is 10.6 Å². The third-order valence-corrected chi connectivity index (χ3v) is 3.79. The second kappa shape index (κ2) is 8.31. The minimum Gasteiger partial charge on any atom is -0.456 e. The molecule has 6 nitrogen and oxygen atoms in total. The van der Waals surface area contributed by atoms with E-state index in [1.165, 1.54) is 0 Å². The van der Waals surface area contributed by atoms with Gasteiger partial charge in [0.2, 0.25) is 0 Å². The smallest absolute Gasteiger partial charge is 0.306 e. The lowest BCUT2D eigenvalue weighted by molar-refractivity contribution is -0.146. The average molecular weight is 318 g/mol. The topological polar surface area (TPSA) is 84.5 Å². The molecule has 0 saturated heterocycles. The maximum Gasteiger partial charge on any atom is 0.306 e. The van der Waals surface area contributed by atoms with Gasteiger partial charge in [-0.05, 0) is 25.0 Å². The number of benzene rings is 1. The van der Waals surface area contributed by atoms with Crippen LogP contribution < -0.4 is 10.6 Å². The zero-order valence-corrected chi connectivity index (χ0v) is 13.3. The SMILES string of the molecule is CCC(=O)OCC(=O)Nc1ccccc1C(=O)NC1CCCC1. The van der Waals surface area contributed by atoms with Crippen LogP contribution in [0, 0.1) is 0 Å². The molecule has 2 rings (SSSR count). The number of anilines is 1. The van der Waals surface area contributed by atoms with E-state index in [4.69, 9.17) is 4.74 Å². The van der Waals surface area contributed by atoms with Gasteiger partial charge in [0.15, 0.2) is 6.61 Å². The Bertz CT molecular complexity index is 580. The number of amides is 2. The highest BCUT2D eigenvalue weighted by Crippen LogP contribution is 2.20. The molecule has 1 aromatic carbocycles. The monoisotopic (exact) mass is 318 g/mol. The van der Waals surface area contributed by atoms with Crippen LogP contribution in [0.4, 0.5) is 5.69 Å². The number of hydrogen-bond acceptors (Lipinski definition) is 4. The van der Waals surface area contributed by atoms with Crippen LogP contribution in [0.5, 0.6) is 0 Å². The first kappa shape index (κ1) is 17.0. The molecule has 124 valence electrons. The lowest BCUT2D eigenvalue weighted by atomic mass is 10.1. The highest BCUT2D eigenvalue weighted by molar-refractivity contribution is 6.04. The Kier molecular flexibility index (Phi) is 6.14. The van der Waals surface area contributed by atoms with Crippen molar-refractivity contribution in [2.45, 2.75) is 45.1 Å². The number of esters is 1. The first-order valence-corrected chi connectivity index (χ1v) is 7.95. The largest absolute Gasteiger partial charge is 0.456 e. The first-order valence-electron chi connectivity index (χ1n) is 7.95. The van der Waals surface area contributed by atoms with Crippen LogP contribution in [0.1, 0.15) is 49.4 Å². The molecule has 1 aromatic rings. The minimum atomic E-state index is -0.465. The maximum atomic E-state index is 12.4. The molecule has 0 atom stereocenters. The predicted molar refractivity (Wildman–Crippen MR) is 86.0 cm³/mol. The molecule has 0 aromatic heterocycles. The highest BCUT2D eigenvalue weighted by Gasteiger charge is 2.20. The van der Waals surface area contributed by atoms with E-state index in [0.29, 0.717) is 11.3 Å².